The van der Waals surface area contributed by atoms with Crippen molar-refractivity contribution in [3.05, 3.63) is 47.8 Å². The van der Waals surface area contributed by atoms with Crippen molar-refractivity contribution in [1.82, 2.24) is 19.6 Å². The predicted molar refractivity (Wildman–Crippen MR) is 105 cm³/mol. The van der Waals surface area contributed by atoms with Crippen LogP contribution in [0.4, 0.5) is 0 Å². The van der Waals surface area contributed by atoms with E-state index in [1.54, 1.807) is 0 Å². The van der Waals surface area contributed by atoms with Crippen LogP contribution in [0.1, 0.15) is 11.3 Å². The number of nitrogens with zero attached hydrogens (tertiary/aromatic N) is 4. The standard InChI is InChI=1S/C21H30N4O2/c1-17-18(15-25(22-17)21-5-3-2-4-6-21)11-24-13-19(20(14-24)16-26)12-23-7-9-27-10-8-23/h2-6,15,19-20,26H,7-14,16H2,1H3/t19-,20-/m1/s1. The second-order valence-corrected chi connectivity index (χ2v) is 7.83. The smallest absolute Gasteiger partial charge is 0.0645 e. The Morgan fingerprint density at radius 1 is 1.07 bits per heavy atom. The summed E-state index contributed by atoms with van der Waals surface area (Å²) in [4.78, 5) is 4.96. The summed E-state index contributed by atoms with van der Waals surface area (Å²) in [5.74, 6) is 0.884. The first kappa shape index (κ1) is 18.6. The molecule has 1 aromatic carbocycles. The summed E-state index contributed by atoms with van der Waals surface area (Å²) < 4.78 is 7.43. The molecule has 2 aliphatic heterocycles. The van der Waals surface area contributed by atoms with E-state index in [1.165, 1.54) is 5.56 Å². The number of aliphatic hydroxyl groups excluding tert-OH is 1. The predicted octanol–water partition coefficient (Wildman–Crippen LogP) is 1.55. The molecule has 2 atom stereocenters. The molecule has 0 aliphatic carbocycles. The third kappa shape index (κ3) is 4.41. The van der Waals surface area contributed by atoms with Crippen LogP contribution in [0.5, 0.6) is 0 Å². The van der Waals surface area contributed by atoms with E-state index in [-0.39, 0.29) is 6.61 Å². The Kier molecular flexibility index (Phi) is 5.88. The second kappa shape index (κ2) is 8.52. The van der Waals surface area contributed by atoms with Gasteiger partial charge in [0.15, 0.2) is 0 Å². The number of morpholine rings is 1. The molecule has 0 spiro atoms. The zero-order chi connectivity index (χ0) is 18.6. The molecule has 0 radical (unpaired) electrons. The van der Waals surface area contributed by atoms with Crippen molar-refractivity contribution in [2.45, 2.75) is 13.5 Å². The quantitative estimate of drug-likeness (QED) is 0.836. The van der Waals surface area contributed by atoms with Crippen LogP contribution < -0.4 is 0 Å². The largest absolute Gasteiger partial charge is 0.396 e. The molecule has 1 aromatic heterocycles. The van der Waals surface area contributed by atoms with Crippen LogP contribution in [0.2, 0.25) is 0 Å². The van der Waals surface area contributed by atoms with Crippen molar-refractivity contribution < 1.29 is 9.84 Å². The molecule has 0 amide bonds. The van der Waals surface area contributed by atoms with Crippen molar-refractivity contribution in [2.24, 2.45) is 11.8 Å². The van der Waals surface area contributed by atoms with Crippen molar-refractivity contribution in [1.29, 1.82) is 0 Å². The molecule has 0 unspecified atom stereocenters. The highest BCUT2D eigenvalue weighted by atomic mass is 16.5. The molecule has 6 nitrogen and oxygen atoms in total. The van der Waals surface area contributed by atoms with Crippen LogP contribution in [-0.2, 0) is 11.3 Å². The van der Waals surface area contributed by atoms with E-state index in [2.05, 4.69) is 35.1 Å². The summed E-state index contributed by atoms with van der Waals surface area (Å²) in [7, 11) is 0. The Morgan fingerprint density at radius 2 is 1.81 bits per heavy atom. The highest BCUT2D eigenvalue weighted by Gasteiger charge is 2.34. The summed E-state index contributed by atoms with van der Waals surface area (Å²) in [5, 5.41) is 14.6. The lowest BCUT2D eigenvalue weighted by molar-refractivity contribution is 0.0264. The van der Waals surface area contributed by atoms with Gasteiger partial charge < -0.3 is 9.84 Å². The SMILES string of the molecule is Cc1nn(-c2ccccc2)cc1CN1C[C@@H](CN2CCOCC2)[C@@H](CO)C1. The number of para-hydroxylation sites is 1. The van der Waals surface area contributed by atoms with Crippen LogP contribution in [-0.4, -0.2) is 77.2 Å². The summed E-state index contributed by atoms with van der Waals surface area (Å²) in [6.07, 6.45) is 2.15. The number of benzene rings is 1. The minimum Gasteiger partial charge on any atom is -0.396 e. The van der Waals surface area contributed by atoms with Gasteiger partial charge in [-0.2, -0.15) is 5.10 Å². The maximum absolute atomic E-state index is 9.87. The number of aliphatic hydroxyl groups is 1. The lowest BCUT2D eigenvalue weighted by Gasteiger charge is -2.30. The first-order chi connectivity index (χ1) is 13.2. The number of hydrogen-bond acceptors (Lipinski definition) is 5. The minimum atomic E-state index is 0.272. The van der Waals surface area contributed by atoms with E-state index < -0.39 is 0 Å². The molecule has 1 N–H and O–H groups in total. The number of hydrogen-bond donors (Lipinski definition) is 1. The fourth-order valence-corrected chi connectivity index (χ4v) is 4.30. The normalized spacial score (nSPS) is 24.5. The number of rotatable bonds is 6. The second-order valence-electron chi connectivity index (χ2n) is 7.83. The fourth-order valence-electron chi connectivity index (χ4n) is 4.30. The van der Waals surface area contributed by atoms with E-state index in [4.69, 9.17) is 9.84 Å². The van der Waals surface area contributed by atoms with Gasteiger partial charge in [0.25, 0.3) is 0 Å². The average Bonchev–Trinajstić information content (AvgIpc) is 3.26. The molecular formula is C21H30N4O2. The molecule has 2 aliphatic rings. The Labute approximate surface area is 161 Å². The van der Waals surface area contributed by atoms with Crippen LogP contribution >= 0.6 is 0 Å². The lowest BCUT2D eigenvalue weighted by atomic mass is 9.96. The third-order valence-corrected chi connectivity index (χ3v) is 5.90. The molecule has 3 heterocycles. The highest BCUT2D eigenvalue weighted by molar-refractivity contribution is 5.32. The first-order valence-electron chi connectivity index (χ1n) is 9.97. The Balaban J connectivity index is 1.40. The third-order valence-electron chi connectivity index (χ3n) is 5.90. The molecule has 0 bridgehead atoms. The summed E-state index contributed by atoms with van der Waals surface area (Å²) in [5.41, 5.74) is 3.44. The van der Waals surface area contributed by atoms with Gasteiger partial charge in [-0.3, -0.25) is 9.80 Å². The molecule has 2 aromatic rings. The minimum absolute atomic E-state index is 0.272. The Morgan fingerprint density at radius 3 is 2.56 bits per heavy atom. The van der Waals surface area contributed by atoms with Crippen molar-refractivity contribution >= 4 is 0 Å². The molecule has 27 heavy (non-hydrogen) atoms. The zero-order valence-corrected chi connectivity index (χ0v) is 16.1. The van der Waals surface area contributed by atoms with E-state index in [1.807, 2.05) is 22.9 Å². The summed E-state index contributed by atoms with van der Waals surface area (Å²) in [6.45, 7) is 10.0. The first-order valence-corrected chi connectivity index (χ1v) is 9.97. The van der Waals surface area contributed by atoms with Crippen LogP contribution in [0.15, 0.2) is 36.5 Å². The van der Waals surface area contributed by atoms with Gasteiger partial charge in [-0.15, -0.1) is 0 Å². The maximum atomic E-state index is 9.87. The topological polar surface area (TPSA) is 53.8 Å². The van der Waals surface area contributed by atoms with Crippen LogP contribution in [0.25, 0.3) is 5.69 Å². The molecule has 0 saturated carbocycles. The van der Waals surface area contributed by atoms with Gasteiger partial charge in [0.2, 0.25) is 0 Å². The van der Waals surface area contributed by atoms with Gasteiger partial charge in [-0.25, -0.2) is 4.68 Å². The van der Waals surface area contributed by atoms with Gasteiger partial charge in [-0.05, 0) is 30.9 Å². The van der Waals surface area contributed by atoms with Gasteiger partial charge in [-0.1, -0.05) is 18.2 Å². The number of ether oxygens (including phenoxy) is 1. The van der Waals surface area contributed by atoms with E-state index in [0.29, 0.717) is 11.8 Å². The molecule has 2 saturated heterocycles. The van der Waals surface area contributed by atoms with E-state index >= 15 is 0 Å². The van der Waals surface area contributed by atoms with Crippen molar-refractivity contribution in [3.8, 4) is 5.69 Å². The highest BCUT2D eigenvalue weighted by Crippen LogP contribution is 2.26. The molecular weight excluding hydrogens is 340 g/mol. The van der Waals surface area contributed by atoms with Crippen molar-refractivity contribution in [2.75, 3.05) is 52.5 Å². The summed E-state index contributed by atoms with van der Waals surface area (Å²) in [6, 6.07) is 10.2. The van der Waals surface area contributed by atoms with Crippen LogP contribution in [0, 0.1) is 18.8 Å². The molecule has 146 valence electrons. The zero-order valence-electron chi connectivity index (χ0n) is 16.1. The van der Waals surface area contributed by atoms with Gasteiger partial charge in [0, 0.05) is 57.6 Å². The number of aromatic nitrogens is 2. The van der Waals surface area contributed by atoms with E-state index in [0.717, 1.165) is 63.9 Å². The van der Waals surface area contributed by atoms with Gasteiger partial charge in [0.1, 0.15) is 0 Å². The van der Waals surface area contributed by atoms with Crippen LogP contribution in [0.3, 0.4) is 0 Å². The Hall–Kier alpha value is -1.73. The monoisotopic (exact) mass is 370 g/mol. The van der Waals surface area contributed by atoms with Crippen molar-refractivity contribution in [3.63, 3.8) is 0 Å². The fraction of sp³-hybridized carbons (Fsp3) is 0.571. The van der Waals surface area contributed by atoms with Gasteiger partial charge in [0.05, 0.1) is 24.6 Å². The van der Waals surface area contributed by atoms with E-state index in [9.17, 15) is 5.11 Å². The molecule has 6 heteroatoms. The van der Waals surface area contributed by atoms with Gasteiger partial charge >= 0.3 is 0 Å². The lowest BCUT2D eigenvalue weighted by Crippen LogP contribution is -2.41. The maximum Gasteiger partial charge on any atom is 0.0645 e. The molecule has 2 fully saturated rings. The molecule has 4 rings (SSSR count). The number of likely N-dealkylation sites (tertiary alicyclic amines) is 1. The Bertz CT molecular complexity index is 727. The average molecular weight is 370 g/mol. The summed E-state index contributed by atoms with van der Waals surface area (Å²) >= 11 is 0. The number of aryl methyl sites for hydroxylation is 1.